The van der Waals surface area contributed by atoms with Gasteiger partial charge >= 0.3 is 0 Å². The van der Waals surface area contributed by atoms with Crippen LogP contribution in [0, 0.1) is 17.8 Å². The molecule has 3 heterocycles. The minimum absolute atomic E-state index is 0.156. The third-order valence-electron chi connectivity index (χ3n) is 7.34. The zero-order valence-corrected chi connectivity index (χ0v) is 20.3. The number of hydrogen-bond donors (Lipinski definition) is 0. The predicted octanol–water partition coefficient (Wildman–Crippen LogP) is 4.88. The lowest BCUT2D eigenvalue weighted by Crippen LogP contribution is -2.42. The topological polar surface area (TPSA) is 58.6 Å². The van der Waals surface area contributed by atoms with Crippen LogP contribution in [-0.2, 0) is 11.2 Å². The second kappa shape index (κ2) is 10.1. The molecule has 1 saturated carbocycles. The van der Waals surface area contributed by atoms with Gasteiger partial charge in [0.1, 0.15) is 5.75 Å². The van der Waals surface area contributed by atoms with Gasteiger partial charge in [-0.2, -0.15) is 0 Å². The van der Waals surface area contributed by atoms with Crippen molar-refractivity contribution in [2.75, 3.05) is 37.7 Å². The Kier molecular flexibility index (Phi) is 6.93. The number of ether oxygens (including phenoxy) is 1. The van der Waals surface area contributed by atoms with E-state index in [4.69, 9.17) is 27.9 Å². The molecule has 33 heavy (non-hydrogen) atoms. The number of halogens is 2. The zero-order valence-electron chi connectivity index (χ0n) is 18.8. The number of nitrogens with zero attached hydrogens (tertiary/aromatic N) is 4. The van der Waals surface area contributed by atoms with Crippen LogP contribution < -0.4 is 9.64 Å². The average molecular weight is 489 g/mol. The molecule has 5 rings (SSSR count). The van der Waals surface area contributed by atoms with Crippen molar-refractivity contribution in [1.29, 1.82) is 0 Å². The molecule has 1 aromatic carbocycles. The first kappa shape index (κ1) is 22.7. The summed E-state index contributed by atoms with van der Waals surface area (Å²) in [5.41, 5.74) is 0.874. The fraction of sp³-hybridized carbons (Fsp3) is 0.560. The number of likely N-dealkylation sites (tertiary alicyclic amines) is 1. The maximum atomic E-state index is 12.2. The van der Waals surface area contributed by atoms with E-state index in [-0.39, 0.29) is 5.91 Å². The van der Waals surface area contributed by atoms with Crippen LogP contribution in [0.1, 0.15) is 37.7 Å². The summed E-state index contributed by atoms with van der Waals surface area (Å²) in [6.45, 7) is 4.47. The van der Waals surface area contributed by atoms with Crippen molar-refractivity contribution >= 4 is 35.1 Å². The van der Waals surface area contributed by atoms with Crippen molar-refractivity contribution in [3.63, 3.8) is 0 Å². The van der Waals surface area contributed by atoms with E-state index in [2.05, 4.69) is 14.9 Å². The summed E-state index contributed by atoms with van der Waals surface area (Å²) in [6, 6.07) is 5.70. The first-order valence-electron chi connectivity index (χ1n) is 12.0. The molecule has 0 radical (unpaired) electrons. The van der Waals surface area contributed by atoms with Gasteiger partial charge in [0.2, 0.25) is 11.9 Å². The minimum Gasteiger partial charge on any atom is -0.494 e. The van der Waals surface area contributed by atoms with E-state index in [1.807, 2.05) is 23.1 Å². The van der Waals surface area contributed by atoms with Gasteiger partial charge in [0.05, 0.1) is 30.4 Å². The number of amides is 1. The van der Waals surface area contributed by atoms with E-state index >= 15 is 0 Å². The number of carbonyl (C=O) groups excluding carboxylic acids is 1. The van der Waals surface area contributed by atoms with Gasteiger partial charge in [0.25, 0.3) is 0 Å². The second-order valence-corrected chi connectivity index (χ2v) is 10.3. The van der Waals surface area contributed by atoms with Gasteiger partial charge in [-0.3, -0.25) is 4.79 Å². The summed E-state index contributed by atoms with van der Waals surface area (Å²) >= 11 is 12.3. The number of aromatic nitrogens is 2. The largest absolute Gasteiger partial charge is 0.494 e. The number of carbonyl (C=O) groups is 1. The van der Waals surface area contributed by atoms with Crippen molar-refractivity contribution in [3.8, 4) is 5.75 Å². The fourth-order valence-corrected chi connectivity index (χ4v) is 5.44. The highest BCUT2D eigenvalue weighted by atomic mass is 35.5. The van der Waals surface area contributed by atoms with Gasteiger partial charge in [0.15, 0.2) is 0 Å². The van der Waals surface area contributed by atoms with Gasteiger partial charge in [-0.1, -0.05) is 29.3 Å². The van der Waals surface area contributed by atoms with Gasteiger partial charge < -0.3 is 14.5 Å². The number of anilines is 1. The maximum Gasteiger partial charge on any atom is 0.227 e. The predicted molar refractivity (Wildman–Crippen MR) is 130 cm³/mol. The second-order valence-electron chi connectivity index (χ2n) is 9.49. The van der Waals surface area contributed by atoms with Crippen LogP contribution >= 0.6 is 23.2 Å². The van der Waals surface area contributed by atoms with Crippen molar-refractivity contribution < 1.29 is 9.53 Å². The highest BCUT2D eigenvalue weighted by Crippen LogP contribution is 2.49. The van der Waals surface area contributed by atoms with Crippen LogP contribution in [0.25, 0.3) is 0 Å². The molecule has 2 aromatic rings. The smallest absolute Gasteiger partial charge is 0.227 e. The molecule has 2 atom stereocenters. The van der Waals surface area contributed by atoms with E-state index in [9.17, 15) is 4.79 Å². The van der Waals surface area contributed by atoms with Gasteiger partial charge in [-0.15, -0.1) is 0 Å². The number of benzene rings is 1. The van der Waals surface area contributed by atoms with E-state index in [1.54, 1.807) is 12.4 Å². The van der Waals surface area contributed by atoms with Crippen LogP contribution in [0.5, 0.6) is 5.75 Å². The Hall–Kier alpha value is -2.05. The van der Waals surface area contributed by atoms with Crippen LogP contribution in [0.4, 0.5) is 5.95 Å². The normalized spacial score (nSPS) is 22.7. The molecule has 3 aliphatic rings. The molecule has 0 bridgehead atoms. The third kappa shape index (κ3) is 5.55. The molecule has 2 saturated heterocycles. The third-order valence-corrected chi connectivity index (χ3v) is 7.89. The van der Waals surface area contributed by atoms with Gasteiger partial charge in [-0.05, 0) is 67.6 Å². The summed E-state index contributed by atoms with van der Waals surface area (Å²) in [7, 11) is 0. The number of piperidine rings is 1. The van der Waals surface area contributed by atoms with E-state index in [0.29, 0.717) is 23.1 Å². The Morgan fingerprint density at radius 2 is 1.85 bits per heavy atom. The average Bonchev–Trinajstić information content (AvgIpc) is 3.55. The van der Waals surface area contributed by atoms with Crippen molar-refractivity contribution in [2.45, 2.75) is 38.5 Å². The lowest BCUT2D eigenvalue weighted by atomic mass is 9.90. The summed E-state index contributed by atoms with van der Waals surface area (Å²) in [6.07, 6.45) is 9.59. The molecule has 176 valence electrons. The lowest BCUT2D eigenvalue weighted by Gasteiger charge is -2.32. The molecule has 8 heteroatoms. The quantitative estimate of drug-likeness (QED) is 0.529. The Morgan fingerprint density at radius 3 is 2.52 bits per heavy atom. The Bertz CT molecular complexity index is 975. The molecule has 2 aliphatic heterocycles. The molecular formula is C25H30Cl2N4O2. The first-order chi connectivity index (χ1) is 16.1. The monoisotopic (exact) mass is 488 g/mol. The molecule has 1 amide bonds. The molecule has 0 N–H and O–H groups in total. The summed E-state index contributed by atoms with van der Waals surface area (Å²) in [5.74, 6) is 4.10. The molecule has 3 fully saturated rings. The fourth-order valence-electron chi connectivity index (χ4n) is 5.11. The summed E-state index contributed by atoms with van der Waals surface area (Å²) < 4.78 is 5.98. The maximum absolute atomic E-state index is 12.2. The Labute approximate surface area is 205 Å². The summed E-state index contributed by atoms with van der Waals surface area (Å²) in [4.78, 5) is 25.0. The van der Waals surface area contributed by atoms with Gasteiger partial charge in [-0.25, -0.2) is 9.97 Å². The van der Waals surface area contributed by atoms with Crippen molar-refractivity contribution in [2.24, 2.45) is 17.8 Å². The van der Waals surface area contributed by atoms with E-state index in [1.165, 1.54) is 19.3 Å². The van der Waals surface area contributed by atoms with Gasteiger partial charge in [0, 0.05) is 31.2 Å². The number of rotatable bonds is 8. The minimum atomic E-state index is 0.156. The summed E-state index contributed by atoms with van der Waals surface area (Å²) in [5, 5.41) is 1.19. The van der Waals surface area contributed by atoms with E-state index < -0.39 is 0 Å². The molecular weight excluding hydrogens is 459 g/mol. The SMILES string of the molecule is O=C(Cc1ccc(OCC[C@H]2C[C@H]2C2CCN(c3ncc(Cl)cn3)CC2)cc1Cl)N1CCC1. The Balaban J connectivity index is 1.02. The van der Waals surface area contributed by atoms with Crippen LogP contribution in [0.2, 0.25) is 10.0 Å². The molecule has 1 aromatic heterocycles. The zero-order chi connectivity index (χ0) is 22.8. The first-order valence-corrected chi connectivity index (χ1v) is 12.7. The van der Waals surface area contributed by atoms with Crippen molar-refractivity contribution in [1.82, 2.24) is 14.9 Å². The number of hydrogen-bond acceptors (Lipinski definition) is 5. The molecule has 6 nitrogen and oxygen atoms in total. The molecule has 0 spiro atoms. The van der Waals surface area contributed by atoms with E-state index in [0.717, 1.165) is 74.0 Å². The van der Waals surface area contributed by atoms with Crippen LogP contribution in [0.3, 0.4) is 0 Å². The molecule has 1 aliphatic carbocycles. The molecule has 0 unspecified atom stereocenters. The highest BCUT2D eigenvalue weighted by molar-refractivity contribution is 6.31. The Morgan fingerprint density at radius 1 is 1.09 bits per heavy atom. The van der Waals surface area contributed by atoms with Crippen LogP contribution in [0.15, 0.2) is 30.6 Å². The highest BCUT2D eigenvalue weighted by Gasteiger charge is 2.43. The van der Waals surface area contributed by atoms with Crippen molar-refractivity contribution in [3.05, 3.63) is 46.2 Å². The van der Waals surface area contributed by atoms with Crippen LogP contribution in [-0.4, -0.2) is 53.6 Å². The standard InChI is InChI=1S/C25H30Cl2N4O2/c26-20-15-28-25(29-16-20)31-9-4-17(5-10-31)22-12-18(22)6-11-33-21-3-2-19(23(27)14-21)13-24(32)30-7-1-8-30/h2-3,14-18,22H,1,4-13H2/t18-,22-/m0/s1. The lowest BCUT2D eigenvalue weighted by molar-refractivity contribution is -0.133.